The van der Waals surface area contributed by atoms with Crippen molar-refractivity contribution in [3.63, 3.8) is 0 Å². The molecule has 3 rings (SSSR count). The highest BCUT2D eigenvalue weighted by Gasteiger charge is 2.14. The fourth-order valence-electron chi connectivity index (χ4n) is 2.69. The van der Waals surface area contributed by atoms with E-state index in [1.54, 1.807) is 24.3 Å². The molecule has 3 aromatic rings. The molecule has 0 unspecified atom stereocenters. The van der Waals surface area contributed by atoms with Crippen LogP contribution >= 0.6 is 11.6 Å². The minimum Gasteiger partial charge on any atom is -0.343 e. The number of nitrogens with zero attached hydrogens (tertiary/aromatic N) is 2. The minimum atomic E-state index is -0.342. The first-order valence-electron chi connectivity index (χ1n) is 8.26. The zero-order valence-electron chi connectivity index (χ0n) is 14.5. The number of carbonyl (C=O) groups is 2. The van der Waals surface area contributed by atoms with Gasteiger partial charge in [-0.1, -0.05) is 18.2 Å². The van der Waals surface area contributed by atoms with E-state index >= 15 is 0 Å². The van der Waals surface area contributed by atoms with Crippen LogP contribution in [0.4, 0.5) is 5.69 Å². The van der Waals surface area contributed by atoms with E-state index in [0.717, 1.165) is 5.52 Å². The third kappa shape index (κ3) is 3.86. The smallest absolute Gasteiger partial charge is 0.251 e. The molecule has 0 radical (unpaired) electrons. The highest BCUT2D eigenvalue weighted by atomic mass is 35.5. The first-order chi connectivity index (χ1) is 12.5. The second-order valence-corrected chi connectivity index (χ2v) is 6.48. The number of anilines is 1. The van der Waals surface area contributed by atoms with Gasteiger partial charge in [0.25, 0.3) is 5.91 Å². The summed E-state index contributed by atoms with van der Waals surface area (Å²) in [5, 5.41) is 5.71. The van der Waals surface area contributed by atoms with E-state index in [-0.39, 0.29) is 24.4 Å². The molecule has 0 spiro atoms. The Morgan fingerprint density at radius 1 is 1.15 bits per heavy atom. The number of halogens is 1. The van der Waals surface area contributed by atoms with E-state index in [1.807, 2.05) is 42.7 Å². The van der Waals surface area contributed by atoms with Crippen LogP contribution in [-0.2, 0) is 4.79 Å². The molecule has 0 saturated heterocycles. The van der Waals surface area contributed by atoms with E-state index in [9.17, 15) is 9.59 Å². The monoisotopic (exact) mass is 370 g/mol. The summed E-state index contributed by atoms with van der Waals surface area (Å²) in [6.07, 6.45) is 0. The number of benzene rings is 2. The average molecular weight is 371 g/mol. The first kappa shape index (κ1) is 17.9. The normalized spacial score (nSPS) is 10.9. The van der Waals surface area contributed by atoms with Crippen molar-refractivity contribution in [3.8, 4) is 0 Å². The zero-order valence-corrected chi connectivity index (χ0v) is 15.2. The van der Waals surface area contributed by atoms with Gasteiger partial charge in [0.2, 0.25) is 11.2 Å². The van der Waals surface area contributed by atoms with Gasteiger partial charge in [-0.05, 0) is 55.8 Å². The first-order valence-corrected chi connectivity index (χ1v) is 8.64. The van der Waals surface area contributed by atoms with Crippen LogP contribution in [-0.4, -0.2) is 27.9 Å². The summed E-state index contributed by atoms with van der Waals surface area (Å²) >= 11 is 6.17. The number of hydrogen-bond acceptors (Lipinski definition) is 3. The van der Waals surface area contributed by atoms with E-state index in [2.05, 4.69) is 15.6 Å². The van der Waals surface area contributed by atoms with Crippen molar-refractivity contribution in [1.82, 2.24) is 14.9 Å². The van der Waals surface area contributed by atoms with E-state index in [4.69, 9.17) is 11.6 Å². The van der Waals surface area contributed by atoms with Gasteiger partial charge in [-0.15, -0.1) is 0 Å². The predicted octanol–water partition coefficient (Wildman–Crippen LogP) is 3.64. The fourth-order valence-corrected chi connectivity index (χ4v) is 3.07. The van der Waals surface area contributed by atoms with Crippen LogP contribution in [0.25, 0.3) is 11.0 Å². The summed E-state index contributed by atoms with van der Waals surface area (Å²) < 4.78 is 1.89. The Kier molecular flexibility index (Phi) is 5.23. The number of imidazole rings is 1. The Balaban J connectivity index is 1.67. The molecule has 0 fully saturated rings. The molecule has 0 atom stereocenters. The van der Waals surface area contributed by atoms with Gasteiger partial charge >= 0.3 is 0 Å². The maximum Gasteiger partial charge on any atom is 0.251 e. The number of aromatic nitrogens is 2. The van der Waals surface area contributed by atoms with E-state index in [0.29, 0.717) is 22.1 Å². The van der Waals surface area contributed by atoms with Gasteiger partial charge in [-0.3, -0.25) is 9.59 Å². The summed E-state index contributed by atoms with van der Waals surface area (Å²) in [4.78, 5) is 28.5. The Morgan fingerprint density at radius 3 is 2.58 bits per heavy atom. The minimum absolute atomic E-state index is 0.118. The SMILES string of the molecule is CC(C)n1c(Cl)nc2cc(C(=O)NCC(=O)Nc3ccccc3)ccc21. The molecule has 0 saturated carbocycles. The molecule has 6 nitrogen and oxygen atoms in total. The summed E-state index contributed by atoms with van der Waals surface area (Å²) in [5.74, 6) is -0.636. The maximum atomic E-state index is 12.3. The highest BCUT2D eigenvalue weighted by Crippen LogP contribution is 2.25. The number of rotatable bonds is 5. The largest absolute Gasteiger partial charge is 0.343 e. The Labute approximate surface area is 156 Å². The van der Waals surface area contributed by atoms with Crippen LogP contribution in [0, 0.1) is 0 Å². The van der Waals surface area contributed by atoms with Gasteiger partial charge < -0.3 is 15.2 Å². The summed E-state index contributed by atoms with van der Waals surface area (Å²) in [7, 11) is 0. The van der Waals surface area contributed by atoms with Crippen molar-refractivity contribution in [1.29, 1.82) is 0 Å². The molecule has 2 aromatic carbocycles. The van der Waals surface area contributed by atoms with Crippen molar-refractivity contribution in [2.45, 2.75) is 19.9 Å². The fraction of sp³-hybridized carbons (Fsp3) is 0.211. The number of carbonyl (C=O) groups excluding carboxylic acids is 2. The molecular formula is C19H19ClN4O2. The number of amides is 2. The number of fused-ring (bicyclic) bond motifs is 1. The third-order valence-electron chi connectivity index (χ3n) is 3.89. The lowest BCUT2D eigenvalue weighted by molar-refractivity contribution is -0.115. The topological polar surface area (TPSA) is 76.0 Å². The average Bonchev–Trinajstić information content (AvgIpc) is 2.95. The zero-order chi connectivity index (χ0) is 18.7. The maximum absolute atomic E-state index is 12.3. The second-order valence-electron chi connectivity index (χ2n) is 6.14. The number of nitrogens with one attached hydrogen (secondary N) is 2. The van der Waals surface area contributed by atoms with Crippen LogP contribution < -0.4 is 10.6 Å². The lowest BCUT2D eigenvalue weighted by Crippen LogP contribution is -2.32. The van der Waals surface area contributed by atoms with Gasteiger partial charge in [0.1, 0.15) is 0 Å². The second kappa shape index (κ2) is 7.58. The van der Waals surface area contributed by atoms with Crippen molar-refractivity contribution in [2.24, 2.45) is 0 Å². The Hall–Kier alpha value is -2.86. The van der Waals surface area contributed by atoms with Crippen LogP contribution in [0.3, 0.4) is 0 Å². The van der Waals surface area contributed by atoms with Crippen molar-refractivity contribution in [2.75, 3.05) is 11.9 Å². The predicted molar refractivity (Wildman–Crippen MR) is 103 cm³/mol. The molecule has 0 aliphatic carbocycles. The lowest BCUT2D eigenvalue weighted by atomic mass is 10.2. The highest BCUT2D eigenvalue weighted by molar-refractivity contribution is 6.29. The van der Waals surface area contributed by atoms with Crippen LogP contribution in [0.15, 0.2) is 48.5 Å². The standard InChI is InChI=1S/C19H19ClN4O2/c1-12(2)24-16-9-8-13(10-15(16)23-19(24)20)18(26)21-11-17(25)22-14-6-4-3-5-7-14/h3-10,12H,11H2,1-2H3,(H,21,26)(H,22,25). The summed E-state index contributed by atoms with van der Waals surface area (Å²) in [6, 6.07) is 14.4. The summed E-state index contributed by atoms with van der Waals surface area (Å²) in [6.45, 7) is 3.91. The van der Waals surface area contributed by atoms with Gasteiger partial charge in [0, 0.05) is 17.3 Å². The van der Waals surface area contributed by atoms with Crippen LogP contribution in [0.5, 0.6) is 0 Å². The molecule has 2 amide bonds. The van der Waals surface area contributed by atoms with Crippen LogP contribution in [0.1, 0.15) is 30.2 Å². The Bertz CT molecular complexity index is 951. The Morgan fingerprint density at radius 2 is 1.88 bits per heavy atom. The molecule has 134 valence electrons. The van der Waals surface area contributed by atoms with Gasteiger partial charge in [0.15, 0.2) is 0 Å². The van der Waals surface area contributed by atoms with E-state index in [1.165, 1.54) is 0 Å². The summed E-state index contributed by atoms with van der Waals surface area (Å²) in [5.41, 5.74) is 2.62. The van der Waals surface area contributed by atoms with Gasteiger partial charge in [0.05, 0.1) is 17.6 Å². The molecule has 1 heterocycles. The molecular weight excluding hydrogens is 352 g/mol. The molecule has 26 heavy (non-hydrogen) atoms. The van der Waals surface area contributed by atoms with Gasteiger partial charge in [-0.2, -0.15) is 0 Å². The van der Waals surface area contributed by atoms with Crippen molar-refractivity contribution >= 4 is 40.1 Å². The molecule has 2 N–H and O–H groups in total. The van der Waals surface area contributed by atoms with Crippen molar-refractivity contribution in [3.05, 3.63) is 59.4 Å². The number of hydrogen-bond donors (Lipinski definition) is 2. The third-order valence-corrected chi connectivity index (χ3v) is 4.16. The molecule has 0 aliphatic heterocycles. The van der Waals surface area contributed by atoms with Crippen molar-refractivity contribution < 1.29 is 9.59 Å². The molecule has 0 bridgehead atoms. The van der Waals surface area contributed by atoms with Gasteiger partial charge in [-0.25, -0.2) is 4.98 Å². The quantitative estimate of drug-likeness (QED) is 0.719. The lowest BCUT2D eigenvalue weighted by Gasteiger charge is -2.10. The molecule has 0 aliphatic rings. The van der Waals surface area contributed by atoms with Crippen LogP contribution in [0.2, 0.25) is 5.28 Å². The van der Waals surface area contributed by atoms with E-state index < -0.39 is 0 Å². The molecule has 7 heteroatoms. The molecule has 1 aromatic heterocycles. The number of para-hydroxylation sites is 1.